The van der Waals surface area contributed by atoms with Crippen LogP contribution in [0.25, 0.3) is 10.2 Å². The van der Waals surface area contributed by atoms with Crippen molar-refractivity contribution in [2.45, 2.75) is 13.1 Å². The summed E-state index contributed by atoms with van der Waals surface area (Å²) in [6, 6.07) is 16.8. The number of aromatic nitrogens is 2. The van der Waals surface area contributed by atoms with Crippen LogP contribution < -0.4 is 5.56 Å². The molecular formula is C21H16FN3O2S. The SMILES string of the molecule is O=C(c1cccc(F)c1)N(Cc1ccccc1)Cc1nc2ccsc2c(=O)[nH]1. The fraction of sp³-hybridized carbons (Fsp3) is 0.0952. The van der Waals surface area contributed by atoms with Crippen LogP contribution in [0.15, 0.2) is 70.8 Å². The minimum atomic E-state index is -0.475. The van der Waals surface area contributed by atoms with Crippen molar-refractivity contribution < 1.29 is 9.18 Å². The smallest absolute Gasteiger partial charge is 0.268 e. The number of benzene rings is 2. The highest BCUT2D eigenvalue weighted by Crippen LogP contribution is 2.17. The van der Waals surface area contributed by atoms with Crippen LogP contribution >= 0.6 is 11.3 Å². The lowest BCUT2D eigenvalue weighted by Gasteiger charge is -2.22. The number of hydrogen-bond donors (Lipinski definition) is 1. The average molecular weight is 393 g/mol. The molecule has 0 aliphatic rings. The second-order valence-electron chi connectivity index (χ2n) is 6.30. The van der Waals surface area contributed by atoms with E-state index in [-0.39, 0.29) is 23.6 Å². The number of nitrogens with one attached hydrogen (secondary N) is 1. The quantitative estimate of drug-likeness (QED) is 0.558. The van der Waals surface area contributed by atoms with Crippen molar-refractivity contribution >= 4 is 27.5 Å². The first-order valence-corrected chi connectivity index (χ1v) is 9.53. The van der Waals surface area contributed by atoms with Crippen LogP contribution in [0.5, 0.6) is 0 Å². The number of halogens is 1. The molecule has 0 saturated heterocycles. The zero-order valence-electron chi connectivity index (χ0n) is 14.8. The maximum atomic E-state index is 13.6. The van der Waals surface area contributed by atoms with E-state index in [4.69, 9.17) is 0 Å². The molecule has 0 aliphatic heterocycles. The molecule has 0 saturated carbocycles. The van der Waals surface area contributed by atoms with Crippen molar-refractivity contribution in [1.82, 2.24) is 14.9 Å². The summed E-state index contributed by atoms with van der Waals surface area (Å²) in [7, 11) is 0. The first kappa shape index (κ1) is 18.1. The minimum absolute atomic E-state index is 0.102. The van der Waals surface area contributed by atoms with E-state index in [1.165, 1.54) is 29.5 Å². The summed E-state index contributed by atoms with van der Waals surface area (Å²) in [5.41, 5.74) is 1.54. The van der Waals surface area contributed by atoms with Crippen molar-refractivity contribution in [3.63, 3.8) is 0 Å². The molecule has 28 heavy (non-hydrogen) atoms. The van der Waals surface area contributed by atoms with Gasteiger partial charge in [0.15, 0.2) is 0 Å². The van der Waals surface area contributed by atoms with Gasteiger partial charge in [0.1, 0.15) is 16.3 Å². The van der Waals surface area contributed by atoms with Crippen LogP contribution in [0.2, 0.25) is 0 Å². The number of hydrogen-bond acceptors (Lipinski definition) is 4. The lowest BCUT2D eigenvalue weighted by molar-refractivity contribution is 0.0725. The maximum Gasteiger partial charge on any atom is 0.268 e. The van der Waals surface area contributed by atoms with Gasteiger partial charge in [-0.2, -0.15) is 0 Å². The van der Waals surface area contributed by atoms with Gasteiger partial charge in [0, 0.05) is 12.1 Å². The van der Waals surface area contributed by atoms with E-state index in [2.05, 4.69) is 9.97 Å². The molecule has 0 spiro atoms. The van der Waals surface area contributed by atoms with Crippen molar-refractivity contribution in [3.8, 4) is 0 Å². The van der Waals surface area contributed by atoms with E-state index in [9.17, 15) is 14.0 Å². The number of rotatable bonds is 5. The number of nitrogens with zero attached hydrogens (tertiary/aromatic N) is 2. The molecule has 4 aromatic rings. The highest BCUT2D eigenvalue weighted by molar-refractivity contribution is 7.17. The van der Waals surface area contributed by atoms with Crippen molar-refractivity contribution in [1.29, 1.82) is 0 Å². The first-order chi connectivity index (χ1) is 13.6. The number of carbonyl (C=O) groups excluding carboxylic acids is 1. The topological polar surface area (TPSA) is 66.1 Å². The number of fused-ring (bicyclic) bond motifs is 1. The van der Waals surface area contributed by atoms with Crippen LogP contribution in [0.3, 0.4) is 0 Å². The summed E-state index contributed by atoms with van der Waals surface area (Å²) in [5.74, 6) is -0.426. The molecule has 1 N–H and O–H groups in total. The summed E-state index contributed by atoms with van der Waals surface area (Å²) >= 11 is 1.32. The fourth-order valence-electron chi connectivity index (χ4n) is 2.98. The molecule has 0 aliphatic carbocycles. The molecular weight excluding hydrogens is 377 g/mol. The average Bonchev–Trinajstić information content (AvgIpc) is 3.17. The van der Waals surface area contributed by atoms with Gasteiger partial charge in [0.05, 0.1) is 12.1 Å². The number of aromatic amines is 1. The molecule has 0 fully saturated rings. The van der Waals surface area contributed by atoms with Crippen LogP contribution in [0, 0.1) is 5.82 Å². The van der Waals surface area contributed by atoms with Gasteiger partial charge < -0.3 is 9.88 Å². The van der Waals surface area contributed by atoms with E-state index in [1.807, 2.05) is 30.3 Å². The molecule has 0 radical (unpaired) electrons. The highest BCUT2D eigenvalue weighted by atomic mass is 32.1. The molecule has 0 unspecified atom stereocenters. The standard InChI is InChI=1S/C21H16FN3O2S/c22-16-8-4-7-15(11-16)21(27)25(12-14-5-2-1-3-6-14)13-18-23-17-9-10-28-19(17)20(26)24-18/h1-11H,12-13H2,(H,23,24,26). The molecule has 7 heteroatoms. The summed E-state index contributed by atoms with van der Waals surface area (Å²) in [6.45, 7) is 0.410. The first-order valence-electron chi connectivity index (χ1n) is 8.65. The minimum Gasteiger partial charge on any atom is -0.327 e. The molecule has 4 rings (SSSR count). The Morgan fingerprint density at radius 2 is 1.89 bits per heavy atom. The zero-order chi connectivity index (χ0) is 19.5. The van der Waals surface area contributed by atoms with Gasteiger partial charge in [-0.25, -0.2) is 9.37 Å². The number of carbonyl (C=O) groups is 1. The summed E-state index contributed by atoms with van der Waals surface area (Å²) < 4.78 is 14.2. The monoisotopic (exact) mass is 393 g/mol. The van der Waals surface area contributed by atoms with Gasteiger partial charge in [-0.05, 0) is 35.2 Å². The van der Waals surface area contributed by atoms with Gasteiger partial charge in [-0.3, -0.25) is 9.59 Å². The second kappa shape index (κ2) is 7.74. The van der Waals surface area contributed by atoms with Gasteiger partial charge in [-0.15, -0.1) is 11.3 Å². The van der Waals surface area contributed by atoms with Crippen molar-refractivity contribution in [2.24, 2.45) is 0 Å². The Labute approximate surface area is 164 Å². The van der Waals surface area contributed by atoms with Gasteiger partial charge in [-0.1, -0.05) is 36.4 Å². The van der Waals surface area contributed by atoms with Crippen LogP contribution in [-0.2, 0) is 13.1 Å². The molecule has 2 heterocycles. The maximum absolute atomic E-state index is 13.6. The number of thiophene rings is 1. The number of H-pyrrole nitrogens is 1. The molecule has 5 nitrogen and oxygen atoms in total. The summed E-state index contributed by atoms with van der Waals surface area (Å²) in [4.78, 5) is 34.0. The summed E-state index contributed by atoms with van der Waals surface area (Å²) in [6.07, 6.45) is 0. The predicted octanol–water partition coefficient (Wildman–Crippen LogP) is 3.97. The summed E-state index contributed by atoms with van der Waals surface area (Å²) in [5, 5.41) is 1.80. The number of amides is 1. The molecule has 1 amide bonds. The molecule has 2 aromatic heterocycles. The van der Waals surface area contributed by atoms with Crippen LogP contribution in [0.1, 0.15) is 21.7 Å². The zero-order valence-corrected chi connectivity index (χ0v) is 15.6. The molecule has 0 atom stereocenters. The van der Waals surface area contributed by atoms with E-state index >= 15 is 0 Å². The van der Waals surface area contributed by atoms with Crippen molar-refractivity contribution in [3.05, 3.63) is 99.2 Å². The van der Waals surface area contributed by atoms with E-state index in [0.29, 0.717) is 22.6 Å². The molecule has 140 valence electrons. The Kier molecular flexibility index (Phi) is 4.99. The third-order valence-corrected chi connectivity index (χ3v) is 5.18. The fourth-order valence-corrected chi connectivity index (χ4v) is 3.71. The van der Waals surface area contributed by atoms with Gasteiger partial charge in [0.25, 0.3) is 11.5 Å². The Bertz CT molecular complexity index is 1190. The lowest BCUT2D eigenvalue weighted by Crippen LogP contribution is -2.31. The Balaban J connectivity index is 1.69. The second-order valence-corrected chi connectivity index (χ2v) is 7.22. The lowest BCUT2D eigenvalue weighted by atomic mass is 10.1. The third-order valence-electron chi connectivity index (χ3n) is 4.28. The van der Waals surface area contributed by atoms with E-state index in [1.54, 1.807) is 22.4 Å². The van der Waals surface area contributed by atoms with E-state index in [0.717, 1.165) is 5.56 Å². The Morgan fingerprint density at radius 1 is 1.07 bits per heavy atom. The highest BCUT2D eigenvalue weighted by Gasteiger charge is 2.19. The largest absolute Gasteiger partial charge is 0.327 e. The third kappa shape index (κ3) is 3.84. The Morgan fingerprint density at radius 3 is 2.68 bits per heavy atom. The Hall–Kier alpha value is -3.32. The van der Waals surface area contributed by atoms with E-state index < -0.39 is 5.82 Å². The normalized spacial score (nSPS) is 10.9. The van der Waals surface area contributed by atoms with Gasteiger partial charge in [0.2, 0.25) is 0 Å². The van der Waals surface area contributed by atoms with Gasteiger partial charge >= 0.3 is 0 Å². The molecule has 2 aromatic carbocycles. The van der Waals surface area contributed by atoms with Crippen molar-refractivity contribution in [2.75, 3.05) is 0 Å². The predicted molar refractivity (Wildman–Crippen MR) is 107 cm³/mol. The molecule has 0 bridgehead atoms. The van der Waals surface area contributed by atoms with Crippen LogP contribution in [0.4, 0.5) is 4.39 Å². The van der Waals surface area contributed by atoms with Crippen LogP contribution in [-0.4, -0.2) is 20.8 Å².